The number of nitrogens with one attached hydrogen (secondary N) is 1. The van der Waals surface area contributed by atoms with Crippen molar-refractivity contribution in [1.82, 2.24) is 15.2 Å². The number of thiazole rings is 1. The third-order valence-electron chi connectivity index (χ3n) is 6.39. The molecule has 2 atom stereocenters. The second-order valence-electron chi connectivity index (χ2n) is 9.57. The van der Waals surface area contributed by atoms with Crippen molar-refractivity contribution < 1.29 is 27.5 Å². The molecule has 7 nitrogen and oxygen atoms in total. The summed E-state index contributed by atoms with van der Waals surface area (Å²) in [5.74, 6) is -5.51. The van der Waals surface area contributed by atoms with E-state index in [1.807, 2.05) is 0 Å². The van der Waals surface area contributed by atoms with Gasteiger partial charge < -0.3 is 10.1 Å². The van der Waals surface area contributed by atoms with E-state index in [2.05, 4.69) is 26.2 Å². The first-order chi connectivity index (χ1) is 18.5. The van der Waals surface area contributed by atoms with Gasteiger partial charge in [-0.25, -0.2) is 22.9 Å². The van der Waals surface area contributed by atoms with Gasteiger partial charge in [0.2, 0.25) is 0 Å². The summed E-state index contributed by atoms with van der Waals surface area (Å²) in [5.41, 5.74) is 0.989. The molecule has 208 valence electrons. The van der Waals surface area contributed by atoms with E-state index >= 15 is 0 Å². The summed E-state index contributed by atoms with van der Waals surface area (Å²) in [7, 11) is 0. The molecular weight excluding hydrogens is 597 g/mol. The second kappa shape index (κ2) is 12.1. The molecule has 1 aromatic carbocycles. The van der Waals surface area contributed by atoms with Crippen molar-refractivity contribution in [3.05, 3.63) is 74.1 Å². The summed E-state index contributed by atoms with van der Waals surface area (Å²) in [6.07, 6.45) is 4.11. The molecule has 2 aliphatic heterocycles. The Morgan fingerprint density at radius 2 is 2.13 bits per heavy atom. The number of ketones is 1. The first-order valence-corrected chi connectivity index (χ1v) is 14.1. The lowest BCUT2D eigenvalue weighted by atomic mass is 9.95. The molecule has 0 aliphatic carbocycles. The van der Waals surface area contributed by atoms with E-state index in [-0.39, 0.29) is 37.0 Å². The van der Waals surface area contributed by atoms with Crippen molar-refractivity contribution in [2.75, 3.05) is 26.2 Å². The predicted molar refractivity (Wildman–Crippen MR) is 146 cm³/mol. The van der Waals surface area contributed by atoms with Crippen LogP contribution in [0.1, 0.15) is 37.4 Å². The molecule has 1 N–H and O–H groups in total. The van der Waals surface area contributed by atoms with Gasteiger partial charge in [0, 0.05) is 40.8 Å². The summed E-state index contributed by atoms with van der Waals surface area (Å²) < 4.78 is 49.6. The van der Waals surface area contributed by atoms with Gasteiger partial charge in [0.15, 0.2) is 16.6 Å². The predicted octanol–water partition coefficient (Wildman–Crippen LogP) is 5.30. The quantitative estimate of drug-likeness (QED) is 0.301. The number of carbonyl (C=O) groups is 2. The molecule has 4 rings (SSSR count). The lowest BCUT2D eigenvalue weighted by Gasteiger charge is -2.29. The molecular formula is C27H28BrF3N4O3S. The highest BCUT2D eigenvalue weighted by Gasteiger charge is 2.47. The standard InChI is InChI=1S/C27H28BrF3N4O3S/c1-4-38-26(37)22-20(13-35-12-16(27(30,31)14-35)5-8-21(36)15(2)3)33-24(25-32-9-10-39-25)34-23(22)18-7-6-17(29)11-19(18)28/h5-11,15-16,23H,4,12-14H2,1-3H3,(H,33,34)/b8-5+. The first-order valence-electron chi connectivity index (χ1n) is 12.4. The maximum Gasteiger partial charge on any atom is 0.338 e. The van der Waals surface area contributed by atoms with Crippen LogP contribution in [0, 0.1) is 17.7 Å². The van der Waals surface area contributed by atoms with Gasteiger partial charge in [-0.1, -0.05) is 41.9 Å². The van der Waals surface area contributed by atoms with Crippen LogP contribution >= 0.6 is 27.3 Å². The summed E-state index contributed by atoms with van der Waals surface area (Å²) in [4.78, 5) is 35.8. The van der Waals surface area contributed by atoms with Crippen LogP contribution in [0.4, 0.5) is 13.2 Å². The van der Waals surface area contributed by atoms with Gasteiger partial charge in [0.05, 0.1) is 24.6 Å². The molecule has 0 saturated carbocycles. The molecule has 1 fully saturated rings. The number of aromatic nitrogens is 1. The molecule has 1 aromatic heterocycles. The molecule has 12 heteroatoms. The zero-order chi connectivity index (χ0) is 28.3. The van der Waals surface area contributed by atoms with Crippen LogP contribution in [-0.4, -0.2) is 59.6 Å². The number of likely N-dealkylation sites (tertiary alicyclic amines) is 1. The maximum atomic E-state index is 15.0. The van der Waals surface area contributed by atoms with Crippen LogP contribution in [-0.2, 0) is 14.3 Å². The largest absolute Gasteiger partial charge is 0.463 e. The van der Waals surface area contributed by atoms with Crippen LogP contribution in [0.3, 0.4) is 0 Å². The number of aliphatic imine (C=N–C) groups is 1. The van der Waals surface area contributed by atoms with Crippen molar-refractivity contribution in [3.8, 4) is 0 Å². The fourth-order valence-corrected chi connectivity index (χ4v) is 5.56. The number of rotatable bonds is 9. The Bertz CT molecular complexity index is 1330. The summed E-state index contributed by atoms with van der Waals surface area (Å²) in [5, 5.41) is 5.45. The molecule has 0 radical (unpaired) electrons. The highest BCUT2D eigenvalue weighted by molar-refractivity contribution is 9.10. The van der Waals surface area contributed by atoms with E-state index in [0.29, 0.717) is 26.6 Å². The SMILES string of the molecule is CCOC(=O)C1=C(CN2CC(/C=C/C(=O)C(C)C)C(F)(F)C2)NC(c2nccs2)=NC1c1ccc(F)cc1Br. The van der Waals surface area contributed by atoms with Crippen molar-refractivity contribution >= 4 is 44.9 Å². The van der Waals surface area contributed by atoms with Crippen molar-refractivity contribution in [2.45, 2.75) is 32.7 Å². The Hall–Kier alpha value is -2.83. The Morgan fingerprint density at radius 3 is 2.77 bits per heavy atom. The van der Waals surface area contributed by atoms with Crippen molar-refractivity contribution in [3.63, 3.8) is 0 Å². The third kappa shape index (κ3) is 6.67. The minimum Gasteiger partial charge on any atom is -0.463 e. The summed E-state index contributed by atoms with van der Waals surface area (Å²) in [6, 6.07) is 3.15. The molecule has 2 aromatic rings. The molecule has 3 heterocycles. The molecule has 1 saturated heterocycles. The van der Waals surface area contributed by atoms with E-state index in [1.165, 1.54) is 46.6 Å². The number of carbonyl (C=O) groups excluding carboxylic acids is 2. The van der Waals surface area contributed by atoms with E-state index in [0.717, 1.165) is 0 Å². The van der Waals surface area contributed by atoms with Crippen molar-refractivity contribution in [1.29, 1.82) is 0 Å². The number of benzene rings is 1. The summed E-state index contributed by atoms with van der Waals surface area (Å²) >= 11 is 4.69. The molecule has 2 unspecified atom stereocenters. The minimum atomic E-state index is -3.07. The fraction of sp³-hybridized carbons (Fsp3) is 0.407. The first kappa shape index (κ1) is 29.2. The number of hydrogen-bond acceptors (Lipinski definition) is 8. The highest BCUT2D eigenvalue weighted by atomic mass is 79.9. The number of ether oxygens (including phenoxy) is 1. The van der Waals surface area contributed by atoms with Crippen LogP contribution in [0.25, 0.3) is 0 Å². The minimum absolute atomic E-state index is 0.0230. The highest BCUT2D eigenvalue weighted by Crippen LogP contribution is 2.39. The average molecular weight is 626 g/mol. The van der Waals surface area contributed by atoms with Gasteiger partial charge in [0.25, 0.3) is 5.92 Å². The van der Waals surface area contributed by atoms with Gasteiger partial charge in [-0.2, -0.15) is 0 Å². The topological polar surface area (TPSA) is 83.9 Å². The molecule has 0 amide bonds. The van der Waals surface area contributed by atoms with E-state index in [1.54, 1.807) is 32.3 Å². The maximum absolute atomic E-state index is 15.0. The number of allylic oxidation sites excluding steroid dienone is 1. The molecule has 2 aliphatic rings. The van der Waals surface area contributed by atoms with Gasteiger partial charge >= 0.3 is 5.97 Å². The zero-order valence-corrected chi connectivity index (χ0v) is 24.0. The number of esters is 1. The number of halogens is 4. The normalized spacial score (nSPS) is 21.4. The molecule has 0 bridgehead atoms. The zero-order valence-electron chi connectivity index (χ0n) is 21.6. The van der Waals surface area contributed by atoms with E-state index in [9.17, 15) is 22.8 Å². The molecule has 39 heavy (non-hydrogen) atoms. The number of amidine groups is 1. The third-order valence-corrected chi connectivity index (χ3v) is 7.86. The van der Waals surface area contributed by atoms with Crippen LogP contribution in [0.2, 0.25) is 0 Å². The second-order valence-corrected chi connectivity index (χ2v) is 11.3. The summed E-state index contributed by atoms with van der Waals surface area (Å²) in [6.45, 7) is 4.56. The Kier molecular flexibility index (Phi) is 9.07. The number of nitrogens with zero attached hydrogens (tertiary/aromatic N) is 3. The Morgan fingerprint density at radius 1 is 1.36 bits per heavy atom. The Labute approximate surface area is 237 Å². The molecule has 0 spiro atoms. The van der Waals surface area contributed by atoms with Crippen LogP contribution in [0.5, 0.6) is 0 Å². The van der Waals surface area contributed by atoms with Gasteiger partial charge in [-0.3, -0.25) is 14.7 Å². The lowest BCUT2D eigenvalue weighted by molar-refractivity contribution is -0.139. The van der Waals surface area contributed by atoms with E-state index in [4.69, 9.17) is 9.73 Å². The Balaban J connectivity index is 1.73. The van der Waals surface area contributed by atoms with Crippen molar-refractivity contribution in [2.24, 2.45) is 16.8 Å². The fourth-order valence-electron chi connectivity index (χ4n) is 4.41. The van der Waals surface area contributed by atoms with E-state index < -0.39 is 36.2 Å². The number of hydrogen-bond donors (Lipinski definition) is 1. The van der Waals surface area contributed by atoms with Gasteiger partial charge in [-0.15, -0.1) is 11.3 Å². The monoisotopic (exact) mass is 624 g/mol. The van der Waals surface area contributed by atoms with Crippen LogP contribution in [0.15, 0.2) is 62.7 Å². The van der Waals surface area contributed by atoms with Crippen LogP contribution < -0.4 is 5.32 Å². The average Bonchev–Trinajstić information content (AvgIpc) is 3.49. The van der Waals surface area contributed by atoms with Gasteiger partial charge in [0.1, 0.15) is 11.9 Å². The number of alkyl halides is 2. The smallest absolute Gasteiger partial charge is 0.338 e. The van der Waals surface area contributed by atoms with Gasteiger partial charge in [-0.05, 0) is 30.7 Å². The lowest BCUT2D eigenvalue weighted by Crippen LogP contribution is -2.39.